The van der Waals surface area contributed by atoms with Gasteiger partial charge in [0.1, 0.15) is 0 Å². The summed E-state index contributed by atoms with van der Waals surface area (Å²) in [5, 5.41) is 3.98. The Bertz CT molecular complexity index is 438. The monoisotopic (exact) mass is 336 g/mol. The number of allylic oxidation sites excluding steroid dienone is 4. The highest BCUT2D eigenvalue weighted by molar-refractivity contribution is 7.68. The van der Waals surface area contributed by atoms with Crippen LogP contribution in [0.5, 0.6) is 0 Å². The molecule has 0 amide bonds. The molecule has 2 aliphatic heterocycles. The lowest BCUT2D eigenvalue weighted by Crippen LogP contribution is -2.11. The SMILES string of the molecule is CC1=C(C)CC(P2[C@@H](C)CC[C@@H]2C)=C(P2[C@@H](C)CC[C@@H]2C)C1. The van der Waals surface area contributed by atoms with Gasteiger partial charge in [-0.25, -0.2) is 0 Å². The quantitative estimate of drug-likeness (QED) is 0.363. The van der Waals surface area contributed by atoms with E-state index >= 15 is 0 Å². The molecule has 0 saturated carbocycles. The van der Waals surface area contributed by atoms with Crippen molar-refractivity contribution in [2.75, 3.05) is 0 Å². The fourth-order valence-corrected chi connectivity index (χ4v) is 12.8. The molecule has 2 heterocycles. The topological polar surface area (TPSA) is 0 Å². The van der Waals surface area contributed by atoms with Crippen LogP contribution in [0.1, 0.15) is 80.1 Å². The zero-order valence-corrected chi connectivity index (χ0v) is 17.2. The molecular weight excluding hydrogens is 302 g/mol. The maximum absolute atomic E-state index is 2.55. The summed E-state index contributed by atoms with van der Waals surface area (Å²) in [4.78, 5) is 0. The van der Waals surface area contributed by atoms with Gasteiger partial charge in [0, 0.05) is 0 Å². The van der Waals surface area contributed by atoms with Gasteiger partial charge in [0.2, 0.25) is 0 Å². The van der Waals surface area contributed by atoms with Crippen molar-refractivity contribution in [1.29, 1.82) is 0 Å². The Hall–Kier alpha value is 0.340. The van der Waals surface area contributed by atoms with E-state index in [0.29, 0.717) is 0 Å². The molecule has 0 N–H and O–H groups in total. The number of rotatable bonds is 2. The molecule has 1 aliphatic carbocycles. The van der Waals surface area contributed by atoms with Crippen LogP contribution in [0, 0.1) is 0 Å². The summed E-state index contributed by atoms with van der Waals surface area (Å²) in [6.07, 6.45) is 8.59. The molecule has 0 nitrogen and oxygen atoms in total. The van der Waals surface area contributed by atoms with E-state index in [-0.39, 0.29) is 15.8 Å². The normalized spacial score (nSPS) is 38.5. The lowest BCUT2D eigenvalue weighted by molar-refractivity contribution is 0.777. The Morgan fingerprint density at radius 1 is 0.591 bits per heavy atom. The van der Waals surface area contributed by atoms with Gasteiger partial charge in [0.15, 0.2) is 0 Å². The molecule has 4 atom stereocenters. The van der Waals surface area contributed by atoms with Crippen molar-refractivity contribution in [3.8, 4) is 0 Å². The molecule has 22 heavy (non-hydrogen) atoms. The molecule has 0 unspecified atom stereocenters. The average Bonchev–Trinajstić information content (AvgIpc) is 2.96. The third kappa shape index (κ3) is 3.00. The maximum atomic E-state index is 2.55. The molecule has 3 rings (SSSR count). The van der Waals surface area contributed by atoms with Gasteiger partial charge in [-0.2, -0.15) is 0 Å². The fourth-order valence-electron chi connectivity index (χ4n) is 4.94. The first kappa shape index (κ1) is 17.2. The van der Waals surface area contributed by atoms with Gasteiger partial charge in [0.05, 0.1) is 0 Å². The van der Waals surface area contributed by atoms with Crippen molar-refractivity contribution in [3.05, 3.63) is 21.8 Å². The third-order valence-corrected chi connectivity index (χ3v) is 13.6. The van der Waals surface area contributed by atoms with Gasteiger partial charge in [-0.15, -0.1) is 0 Å². The highest BCUT2D eigenvalue weighted by Crippen LogP contribution is 2.71. The minimum atomic E-state index is 0.137. The largest absolute Gasteiger partial charge is 0.0733 e. The Kier molecular flexibility index (Phi) is 5.22. The minimum absolute atomic E-state index is 0.137. The lowest BCUT2D eigenvalue weighted by Gasteiger charge is -2.36. The first-order valence-corrected chi connectivity index (χ1v) is 12.3. The molecule has 0 aromatic carbocycles. The van der Waals surface area contributed by atoms with Crippen LogP contribution >= 0.6 is 15.8 Å². The molecule has 124 valence electrons. The molecule has 0 radical (unpaired) electrons. The van der Waals surface area contributed by atoms with Crippen molar-refractivity contribution < 1.29 is 0 Å². The van der Waals surface area contributed by atoms with Crippen LogP contribution in [0.4, 0.5) is 0 Å². The van der Waals surface area contributed by atoms with E-state index in [1.165, 1.54) is 38.5 Å². The van der Waals surface area contributed by atoms with Crippen LogP contribution < -0.4 is 0 Å². The Labute approximate surface area is 140 Å². The fraction of sp³-hybridized carbons (Fsp3) is 0.800. The molecule has 0 spiro atoms. The van der Waals surface area contributed by atoms with E-state index in [0.717, 1.165) is 22.6 Å². The summed E-state index contributed by atoms with van der Waals surface area (Å²) in [5.74, 6) is 0. The van der Waals surface area contributed by atoms with E-state index in [1.807, 2.05) is 10.6 Å². The molecular formula is C20H34P2. The minimum Gasteiger partial charge on any atom is -0.0733 e. The summed E-state index contributed by atoms with van der Waals surface area (Å²) in [7, 11) is 0.274. The summed E-state index contributed by atoms with van der Waals surface area (Å²) in [6, 6.07) is 0. The second-order valence-corrected chi connectivity index (χ2v) is 14.4. The smallest absolute Gasteiger partial charge is 0.00593 e. The third-order valence-electron chi connectivity index (χ3n) is 6.45. The zero-order chi connectivity index (χ0) is 16.0. The van der Waals surface area contributed by atoms with Crippen molar-refractivity contribution in [2.24, 2.45) is 0 Å². The first-order chi connectivity index (χ1) is 10.4. The molecule has 2 fully saturated rings. The van der Waals surface area contributed by atoms with Gasteiger partial charge >= 0.3 is 0 Å². The summed E-state index contributed by atoms with van der Waals surface area (Å²) >= 11 is 0. The highest BCUT2D eigenvalue weighted by atomic mass is 31.1. The Morgan fingerprint density at radius 3 is 1.14 bits per heavy atom. The van der Waals surface area contributed by atoms with Gasteiger partial charge in [0.25, 0.3) is 0 Å². The van der Waals surface area contributed by atoms with Crippen molar-refractivity contribution in [3.63, 3.8) is 0 Å². The Balaban J connectivity index is 2.01. The lowest BCUT2D eigenvalue weighted by atomic mass is 9.99. The number of hydrogen-bond acceptors (Lipinski definition) is 0. The van der Waals surface area contributed by atoms with Crippen LogP contribution in [0.3, 0.4) is 0 Å². The van der Waals surface area contributed by atoms with Crippen molar-refractivity contribution >= 4 is 15.8 Å². The molecule has 2 saturated heterocycles. The predicted octanol–water partition coefficient (Wildman–Crippen LogP) is 7.43. The molecule has 2 heteroatoms. The predicted molar refractivity (Wildman–Crippen MR) is 105 cm³/mol. The average molecular weight is 336 g/mol. The van der Waals surface area contributed by atoms with Crippen LogP contribution in [0.25, 0.3) is 0 Å². The van der Waals surface area contributed by atoms with Gasteiger partial charge < -0.3 is 0 Å². The standard InChI is InChI=1S/C20H34P2/c1-13-11-19(21-15(3)7-8-16(21)4)20(12-14(13)2)22-17(5)9-10-18(22)6/h15-18H,7-12H2,1-6H3/t15-,16-,17-,18-/m0/s1. The van der Waals surface area contributed by atoms with E-state index in [4.69, 9.17) is 0 Å². The van der Waals surface area contributed by atoms with Gasteiger partial charge in [-0.1, -0.05) is 54.7 Å². The summed E-state index contributed by atoms with van der Waals surface area (Å²) < 4.78 is 0. The van der Waals surface area contributed by atoms with Crippen LogP contribution in [-0.4, -0.2) is 22.6 Å². The second kappa shape index (κ2) is 6.69. The van der Waals surface area contributed by atoms with Crippen molar-refractivity contribution in [1.82, 2.24) is 0 Å². The van der Waals surface area contributed by atoms with E-state index in [2.05, 4.69) is 41.5 Å². The Morgan fingerprint density at radius 2 is 0.864 bits per heavy atom. The maximum Gasteiger partial charge on any atom is -0.00593 e. The van der Waals surface area contributed by atoms with E-state index in [9.17, 15) is 0 Å². The second-order valence-electron chi connectivity index (χ2n) is 8.17. The first-order valence-electron chi connectivity index (χ1n) is 9.34. The van der Waals surface area contributed by atoms with Crippen molar-refractivity contribution in [2.45, 2.75) is 103 Å². The molecule has 0 aromatic rings. The summed E-state index contributed by atoms with van der Waals surface area (Å²) in [5.41, 5.74) is 7.30. The summed E-state index contributed by atoms with van der Waals surface area (Å²) in [6.45, 7) is 15.0. The highest BCUT2D eigenvalue weighted by Gasteiger charge is 2.40. The number of hydrogen-bond donors (Lipinski definition) is 0. The van der Waals surface area contributed by atoms with Gasteiger partial charge in [-0.3, -0.25) is 0 Å². The van der Waals surface area contributed by atoms with E-state index < -0.39 is 0 Å². The van der Waals surface area contributed by atoms with Gasteiger partial charge in [-0.05, 0) is 85.6 Å². The van der Waals surface area contributed by atoms with Crippen LogP contribution in [0.2, 0.25) is 0 Å². The molecule has 0 aromatic heterocycles. The van der Waals surface area contributed by atoms with E-state index in [1.54, 1.807) is 11.1 Å². The van der Waals surface area contributed by atoms with Crippen LogP contribution in [-0.2, 0) is 0 Å². The molecule has 3 aliphatic rings. The zero-order valence-electron chi connectivity index (χ0n) is 15.4. The van der Waals surface area contributed by atoms with Crippen LogP contribution in [0.15, 0.2) is 21.8 Å². The molecule has 0 bridgehead atoms.